The zero-order valence-corrected chi connectivity index (χ0v) is 10.8. The van der Waals surface area contributed by atoms with Crippen molar-refractivity contribution in [1.82, 2.24) is 0 Å². The van der Waals surface area contributed by atoms with Crippen LogP contribution in [0, 0.1) is 0 Å². The van der Waals surface area contributed by atoms with Crippen LogP contribution in [0.15, 0.2) is 18.2 Å². The van der Waals surface area contributed by atoms with Gasteiger partial charge < -0.3 is 14.2 Å². The van der Waals surface area contributed by atoms with Gasteiger partial charge in [-0.05, 0) is 18.2 Å². The van der Waals surface area contributed by atoms with E-state index in [0.29, 0.717) is 30.3 Å². The van der Waals surface area contributed by atoms with Crippen LogP contribution in [0.4, 0.5) is 0 Å². The summed E-state index contributed by atoms with van der Waals surface area (Å²) in [5.41, 5.74) is 0.521. The number of esters is 1. The van der Waals surface area contributed by atoms with Crippen molar-refractivity contribution in [2.24, 2.45) is 0 Å². The van der Waals surface area contributed by atoms with Crippen molar-refractivity contribution < 1.29 is 23.8 Å². The van der Waals surface area contributed by atoms with E-state index in [-0.39, 0.29) is 24.6 Å². The Labute approximate surface area is 111 Å². The Kier molecular flexibility index (Phi) is 4.39. The number of carbonyl (C=O) groups excluding carboxylic acids is 2. The summed E-state index contributed by atoms with van der Waals surface area (Å²) in [6.07, 6.45) is 1.04. The molecule has 0 aliphatic carbocycles. The van der Waals surface area contributed by atoms with Gasteiger partial charge in [0.1, 0.15) is 0 Å². The third kappa shape index (κ3) is 3.47. The molecule has 0 fully saturated rings. The van der Waals surface area contributed by atoms with E-state index >= 15 is 0 Å². The number of rotatable bonds is 4. The molecule has 0 unspecified atom stereocenters. The molecule has 0 atom stereocenters. The summed E-state index contributed by atoms with van der Waals surface area (Å²) in [7, 11) is 1.31. The second kappa shape index (κ2) is 6.22. The minimum absolute atomic E-state index is 0.0871. The highest BCUT2D eigenvalue weighted by Crippen LogP contribution is 2.30. The van der Waals surface area contributed by atoms with E-state index in [2.05, 4.69) is 4.74 Å². The van der Waals surface area contributed by atoms with Gasteiger partial charge in [-0.1, -0.05) is 0 Å². The fraction of sp³-hybridized carbons (Fsp3) is 0.429. The quantitative estimate of drug-likeness (QED) is 0.614. The molecule has 5 heteroatoms. The lowest BCUT2D eigenvalue weighted by molar-refractivity contribution is -0.140. The molecule has 0 aromatic heterocycles. The van der Waals surface area contributed by atoms with E-state index in [1.54, 1.807) is 18.2 Å². The maximum absolute atomic E-state index is 11.9. The van der Waals surface area contributed by atoms with Crippen LogP contribution in [0.3, 0.4) is 0 Å². The number of ether oxygens (including phenoxy) is 3. The lowest BCUT2D eigenvalue weighted by atomic mass is 10.1. The molecule has 1 aromatic carbocycles. The van der Waals surface area contributed by atoms with Gasteiger partial charge in [0, 0.05) is 18.4 Å². The third-order valence-electron chi connectivity index (χ3n) is 2.85. The lowest BCUT2D eigenvalue weighted by Crippen LogP contribution is -2.06. The van der Waals surface area contributed by atoms with Crippen LogP contribution in [0.2, 0.25) is 0 Å². The lowest BCUT2D eigenvalue weighted by Gasteiger charge is -2.08. The molecule has 0 amide bonds. The first kappa shape index (κ1) is 13.4. The number of benzene rings is 1. The normalized spacial score (nSPS) is 13.5. The van der Waals surface area contributed by atoms with E-state index in [9.17, 15) is 9.59 Å². The highest BCUT2D eigenvalue weighted by molar-refractivity contribution is 5.98. The molecule has 2 rings (SSSR count). The summed E-state index contributed by atoms with van der Waals surface area (Å²) in [5, 5.41) is 0. The van der Waals surface area contributed by atoms with Crippen LogP contribution in [0.1, 0.15) is 29.6 Å². The van der Waals surface area contributed by atoms with Gasteiger partial charge in [-0.15, -0.1) is 0 Å². The van der Waals surface area contributed by atoms with E-state index in [1.165, 1.54) is 7.11 Å². The summed E-state index contributed by atoms with van der Waals surface area (Å²) in [6, 6.07) is 5.08. The van der Waals surface area contributed by atoms with Gasteiger partial charge in [0.25, 0.3) is 0 Å². The molecule has 1 aliphatic heterocycles. The molecule has 1 aromatic rings. The fourth-order valence-electron chi connectivity index (χ4n) is 1.80. The van der Waals surface area contributed by atoms with Gasteiger partial charge in [0.05, 0.1) is 26.7 Å². The molecule has 1 aliphatic rings. The molecule has 19 heavy (non-hydrogen) atoms. The Hall–Kier alpha value is -2.04. The first-order valence-electron chi connectivity index (χ1n) is 6.20. The van der Waals surface area contributed by atoms with Crippen molar-refractivity contribution in [3.8, 4) is 11.5 Å². The van der Waals surface area contributed by atoms with Crippen molar-refractivity contribution in [3.05, 3.63) is 23.8 Å². The number of carbonyl (C=O) groups is 2. The zero-order valence-electron chi connectivity index (χ0n) is 10.8. The Balaban J connectivity index is 2.06. The number of ketones is 1. The second-order valence-corrected chi connectivity index (χ2v) is 4.21. The fourth-order valence-corrected chi connectivity index (χ4v) is 1.80. The van der Waals surface area contributed by atoms with Gasteiger partial charge in [-0.2, -0.15) is 0 Å². The largest absolute Gasteiger partial charge is 0.490 e. The third-order valence-corrected chi connectivity index (χ3v) is 2.85. The van der Waals surface area contributed by atoms with E-state index in [4.69, 9.17) is 9.47 Å². The molecule has 0 radical (unpaired) electrons. The standard InChI is InChI=1S/C14H16O5/c1-17-14(16)6-4-11(15)10-3-5-12-13(9-10)19-8-2-7-18-12/h3,5,9H,2,4,6-8H2,1H3. The molecule has 1 heterocycles. The summed E-state index contributed by atoms with van der Waals surface area (Å²) in [6.45, 7) is 1.19. The van der Waals surface area contributed by atoms with Crippen molar-refractivity contribution in [2.75, 3.05) is 20.3 Å². The minimum Gasteiger partial charge on any atom is -0.490 e. The van der Waals surface area contributed by atoms with Gasteiger partial charge >= 0.3 is 5.97 Å². The van der Waals surface area contributed by atoms with Gasteiger partial charge in [-0.25, -0.2) is 0 Å². The highest BCUT2D eigenvalue weighted by Gasteiger charge is 2.15. The Morgan fingerprint density at radius 3 is 2.63 bits per heavy atom. The van der Waals surface area contributed by atoms with Crippen LogP contribution in [0.5, 0.6) is 11.5 Å². The zero-order chi connectivity index (χ0) is 13.7. The molecular formula is C14H16O5. The molecule has 5 nitrogen and oxygen atoms in total. The molecule has 0 saturated heterocycles. The molecular weight excluding hydrogens is 248 g/mol. The van der Waals surface area contributed by atoms with E-state index < -0.39 is 0 Å². The SMILES string of the molecule is COC(=O)CCC(=O)c1ccc2c(c1)OCCCO2. The molecule has 0 N–H and O–H groups in total. The number of Topliss-reactive ketones (excluding diaryl/α,β-unsaturated/α-hetero) is 1. The highest BCUT2D eigenvalue weighted by atomic mass is 16.5. The number of hydrogen-bond acceptors (Lipinski definition) is 5. The smallest absolute Gasteiger partial charge is 0.305 e. The first-order chi connectivity index (χ1) is 9.20. The molecule has 0 spiro atoms. The van der Waals surface area contributed by atoms with Crippen LogP contribution in [-0.4, -0.2) is 32.1 Å². The maximum atomic E-state index is 11.9. The second-order valence-electron chi connectivity index (χ2n) is 4.21. The number of hydrogen-bond donors (Lipinski definition) is 0. The first-order valence-corrected chi connectivity index (χ1v) is 6.20. The topological polar surface area (TPSA) is 61.8 Å². The Morgan fingerprint density at radius 1 is 1.16 bits per heavy atom. The number of fused-ring (bicyclic) bond motifs is 1. The summed E-state index contributed by atoms with van der Waals surface area (Å²) < 4.78 is 15.5. The van der Waals surface area contributed by atoms with Crippen molar-refractivity contribution in [3.63, 3.8) is 0 Å². The molecule has 102 valence electrons. The van der Waals surface area contributed by atoms with Crippen LogP contribution >= 0.6 is 0 Å². The van der Waals surface area contributed by atoms with Gasteiger partial charge in [0.15, 0.2) is 17.3 Å². The van der Waals surface area contributed by atoms with E-state index in [1.807, 2.05) is 0 Å². The summed E-state index contributed by atoms with van der Waals surface area (Å²) in [4.78, 5) is 22.9. The summed E-state index contributed by atoms with van der Waals surface area (Å²) in [5.74, 6) is 0.743. The van der Waals surface area contributed by atoms with Gasteiger partial charge in [-0.3, -0.25) is 9.59 Å². The summed E-state index contributed by atoms with van der Waals surface area (Å²) >= 11 is 0. The van der Waals surface area contributed by atoms with Crippen molar-refractivity contribution in [2.45, 2.75) is 19.3 Å². The average molecular weight is 264 g/mol. The van der Waals surface area contributed by atoms with Crippen molar-refractivity contribution in [1.29, 1.82) is 0 Å². The van der Waals surface area contributed by atoms with Crippen LogP contribution < -0.4 is 9.47 Å². The Bertz CT molecular complexity index is 481. The Morgan fingerprint density at radius 2 is 1.89 bits per heavy atom. The molecule has 0 saturated carbocycles. The molecule has 0 bridgehead atoms. The number of methoxy groups -OCH3 is 1. The predicted octanol–water partition coefficient (Wildman–Crippen LogP) is 1.98. The average Bonchev–Trinajstić information content (AvgIpc) is 2.68. The van der Waals surface area contributed by atoms with Crippen LogP contribution in [0.25, 0.3) is 0 Å². The maximum Gasteiger partial charge on any atom is 0.305 e. The van der Waals surface area contributed by atoms with Gasteiger partial charge in [0.2, 0.25) is 0 Å². The minimum atomic E-state index is -0.386. The van der Waals surface area contributed by atoms with Crippen LogP contribution in [-0.2, 0) is 9.53 Å². The van der Waals surface area contributed by atoms with E-state index in [0.717, 1.165) is 6.42 Å². The van der Waals surface area contributed by atoms with Crippen molar-refractivity contribution >= 4 is 11.8 Å². The monoisotopic (exact) mass is 264 g/mol. The predicted molar refractivity (Wildman–Crippen MR) is 67.6 cm³/mol.